The Morgan fingerprint density at radius 2 is 1.88 bits per heavy atom. The average Bonchev–Trinajstić information content (AvgIpc) is 2.94. The summed E-state index contributed by atoms with van der Waals surface area (Å²) in [7, 11) is 0. The minimum absolute atomic E-state index is 0.0820. The summed E-state index contributed by atoms with van der Waals surface area (Å²) in [6, 6.07) is 3.52. The van der Waals surface area contributed by atoms with Crippen molar-refractivity contribution in [3.8, 4) is 0 Å². The molecule has 0 aliphatic rings. The van der Waals surface area contributed by atoms with Crippen LogP contribution in [0.1, 0.15) is 34.4 Å². The zero-order valence-corrected chi connectivity index (χ0v) is 13.4. The lowest BCUT2D eigenvalue weighted by molar-refractivity contribution is -0.141. The minimum Gasteiger partial charge on any atom is -0.342 e. The number of aromatic nitrogens is 3. The lowest BCUT2D eigenvalue weighted by Crippen LogP contribution is -2.34. The number of hydrogen-bond acceptors (Lipinski definition) is 3. The van der Waals surface area contributed by atoms with Gasteiger partial charge in [0.15, 0.2) is 0 Å². The molecule has 0 saturated heterocycles. The van der Waals surface area contributed by atoms with Crippen LogP contribution in [0, 0.1) is 0 Å². The van der Waals surface area contributed by atoms with Crippen molar-refractivity contribution < 1.29 is 31.1 Å². The third kappa shape index (κ3) is 5.20. The maximum Gasteiger partial charge on any atom is 0.433 e. The van der Waals surface area contributed by atoms with E-state index in [1.807, 2.05) is 0 Å². The molecule has 0 saturated carbocycles. The molecule has 0 aliphatic carbocycles. The SMILES string of the molecule is CCc1cc(C(=O)NCC(F)(F)F)nn1Cc1ccnc(C(F)(F)F)c1. The third-order valence-electron chi connectivity index (χ3n) is 3.35. The predicted octanol–water partition coefficient (Wildman–Crippen LogP) is 3.20. The standard InChI is InChI=1S/C15H14F6N4O/c1-2-10-6-11(13(26)23-8-14(16,17)18)24-25(10)7-9-3-4-22-12(5-9)15(19,20)21/h3-6H,2,7-8H2,1H3,(H,23,26). The number of nitrogens with one attached hydrogen (secondary N) is 1. The van der Waals surface area contributed by atoms with Gasteiger partial charge in [0.05, 0.1) is 6.54 Å². The van der Waals surface area contributed by atoms with Crippen molar-refractivity contribution in [3.05, 3.63) is 47.0 Å². The number of nitrogens with zero attached hydrogens (tertiary/aromatic N) is 3. The van der Waals surface area contributed by atoms with Crippen LogP contribution in [0.5, 0.6) is 0 Å². The van der Waals surface area contributed by atoms with Gasteiger partial charge in [-0.15, -0.1) is 0 Å². The number of amides is 1. The lowest BCUT2D eigenvalue weighted by atomic mass is 10.2. The van der Waals surface area contributed by atoms with E-state index in [0.717, 1.165) is 12.3 Å². The van der Waals surface area contributed by atoms with Gasteiger partial charge in [0, 0.05) is 11.9 Å². The Hall–Kier alpha value is -2.59. The molecule has 0 bridgehead atoms. The molecule has 142 valence electrons. The molecule has 2 aromatic heterocycles. The average molecular weight is 380 g/mol. The number of carbonyl (C=O) groups excluding carboxylic acids is 1. The first kappa shape index (κ1) is 19.7. The molecule has 0 radical (unpaired) electrons. The Bertz CT molecular complexity index is 781. The first-order valence-electron chi connectivity index (χ1n) is 7.43. The monoisotopic (exact) mass is 380 g/mol. The highest BCUT2D eigenvalue weighted by Crippen LogP contribution is 2.28. The Labute approximate surface area is 144 Å². The van der Waals surface area contributed by atoms with E-state index in [-0.39, 0.29) is 17.8 Å². The maximum absolute atomic E-state index is 12.7. The lowest BCUT2D eigenvalue weighted by Gasteiger charge is -2.09. The van der Waals surface area contributed by atoms with Crippen molar-refractivity contribution in [2.75, 3.05) is 6.54 Å². The summed E-state index contributed by atoms with van der Waals surface area (Å²) in [5, 5.41) is 5.60. The van der Waals surface area contributed by atoms with E-state index < -0.39 is 30.5 Å². The van der Waals surface area contributed by atoms with Crippen LogP contribution in [-0.2, 0) is 19.1 Å². The molecule has 0 spiro atoms. The van der Waals surface area contributed by atoms with Crippen molar-refractivity contribution in [1.82, 2.24) is 20.1 Å². The topological polar surface area (TPSA) is 59.8 Å². The van der Waals surface area contributed by atoms with Crippen LogP contribution in [0.4, 0.5) is 26.3 Å². The summed E-state index contributed by atoms with van der Waals surface area (Å²) in [5.41, 5.74) is -0.570. The molecule has 2 rings (SSSR count). The smallest absolute Gasteiger partial charge is 0.342 e. The van der Waals surface area contributed by atoms with Gasteiger partial charge in [-0.2, -0.15) is 31.4 Å². The number of pyridine rings is 1. The normalized spacial score (nSPS) is 12.3. The Morgan fingerprint density at radius 1 is 1.19 bits per heavy atom. The minimum atomic E-state index is -4.60. The Morgan fingerprint density at radius 3 is 2.46 bits per heavy atom. The number of rotatable bonds is 5. The summed E-state index contributed by atoms with van der Waals surface area (Å²) in [6.07, 6.45) is -7.77. The first-order chi connectivity index (χ1) is 12.0. The first-order valence-corrected chi connectivity index (χ1v) is 7.43. The molecule has 2 heterocycles. The molecule has 2 aromatic rings. The summed E-state index contributed by atoms with van der Waals surface area (Å²) >= 11 is 0. The molecule has 0 fully saturated rings. The number of halogens is 6. The van der Waals surface area contributed by atoms with Crippen molar-refractivity contribution in [1.29, 1.82) is 0 Å². The zero-order chi connectivity index (χ0) is 19.5. The van der Waals surface area contributed by atoms with Crippen molar-refractivity contribution in [2.45, 2.75) is 32.2 Å². The van der Waals surface area contributed by atoms with E-state index in [4.69, 9.17) is 0 Å². The van der Waals surface area contributed by atoms with Crippen LogP contribution in [-0.4, -0.2) is 33.4 Å². The van der Waals surface area contributed by atoms with Gasteiger partial charge < -0.3 is 5.32 Å². The van der Waals surface area contributed by atoms with Crippen LogP contribution in [0.15, 0.2) is 24.4 Å². The highest BCUT2D eigenvalue weighted by Gasteiger charge is 2.32. The number of aryl methyl sites for hydroxylation is 1. The molecule has 0 aliphatic heterocycles. The summed E-state index contributed by atoms with van der Waals surface area (Å²) in [5.74, 6) is -1.01. The number of carbonyl (C=O) groups is 1. The van der Waals surface area contributed by atoms with Crippen LogP contribution < -0.4 is 5.32 Å². The van der Waals surface area contributed by atoms with Crippen LogP contribution in [0.25, 0.3) is 0 Å². The van der Waals surface area contributed by atoms with Crippen LogP contribution >= 0.6 is 0 Å². The van der Waals surface area contributed by atoms with E-state index >= 15 is 0 Å². The second-order valence-corrected chi connectivity index (χ2v) is 5.38. The van der Waals surface area contributed by atoms with Gasteiger partial charge in [0.1, 0.15) is 17.9 Å². The zero-order valence-electron chi connectivity index (χ0n) is 13.4. The van der Waals surface area contributed by atoms with Crippen molar-refractivity contribution in [3.63, 3.8) is 0 Å². The molecule has 0 atom stereocenters. The molecule has 0 unspecified atom stereocenters. The molecule has 1 amide bonds. The predicted molar refractivity (Wildman–Crippen MR) is 78.3 cm³/mol. The van der Waals surface area contributed by atoms with Crippen LogP contribution in [0.3, 0.4) is 0 Å². The van der Waals surface area contributed by atoms with Gasteiger partial charge in [0.25, 0.3) is 5.91 Å². The fraction of sp³-hybridized carbons (Fsp3) is 0.400. The quantitative estimate of drug-likeness (QED) is 0.811. The largest absolute Gasteiger partial charge is 0.433 e. The molecule has 5 nitrogen and oxygen atoms in total. The van der Waals surface area contributed by atoms with Gasteiger partial charge in [-0.1, -0.05) is 6.92 Å². The Balaban J connectivity index is 2.20. The highest BCUT2D eigenvalue weighted by atomic mass is 19.4. The summed E-state index contributed by atoms with van der Waals surface area (Å²) < 4.78 is 75.9. The molecule has 26 heavy (non-hydrogen) atoms. The van der Waals surface area contributed by atoms with Crippen molar-refractivity contribution in [2.24, 2.45) is 0 Å². The van der Waals surface area contributed by atoms with E-state index in [2.05, 4.69) is 10.1 Å². The van der Waals surface area contributed by atoms with Crippen molar-refractivity contribution >= 4 is 5.91 Å². The van der Waals surface area contributed by atoms with Gasteiger partial charge >= 0.3 is 12.4 Å². The van der Waals surface area contributed by atoms with Crippen LogP contribution in [0.2, 0.25) is 0 Å². The highest BCUT2D eigenvalue weighted by molar-refractivity contribution is 5.92. The molecule has 0 aromatic carbocycles. The van der Waals surface area contributed by atoms with Gasteiger partial charge in [-0.25, -0.2) is 0 Å². The Kier molecular flexibility index (Phi) is 5.57. The van der Waals surface area contributed by atoms with Gasteiger partial charge in [-0.3, -0.25) is 14.5 Å². The molecular formula is C15H14F6N4O. The van der Waals surface area contributed by atoms with E-state index in [1.54, 1.807) is 12.2 Å². The summed E-state index contributed by atoms with van der Waals surface area (Å²) in [6.45, 7) is 0.138. The van der Waals surface area contributed by atoms with Gasteiger partial charge in [0.2, 0.25) is 0 Å². The van der Waals surface area contributed by atoms with E-state index in [1.165, 1.54) is 16.8 Å². The summed E-state index contributed by atoms with van der Waals surface area (Å²) in [4.78, 5) is 15.0. The fourth-order valence-corrected chi connectivity index (χ4v) is 2.16. The second kappa shape index (κ2) is 7.34. The molecule has 1 N–H and O–H groups in total. The maximum atomic E-state index is 12.7. The molecule has 11 heteroatoms. The second-order valence-electron chi connectivity index (χ2n) is 5.38. The molecular weight excluding hydrogens is 366 g/mol. The number of hydrogen-bond donors (Lipinski definition) is 1. The van der Waals surface area contributed by atoms with Gasteiger partial charge in [-0.05, 0) is 30.2 Å². The van der Waals surface area contributed by atoms with E-state index in [0.29, 0.717) is 12.1 Å². The fourth-order valence-electron chi connectivity index (χ4n) is 2.16. The number of alkyl halides is 6. The van der Waals surface area contributed by atoms with E-state index in [9.17, 15) is 31.1 Å². The third-order valence-corrected chi connectivity index (χ3v) is 3.35.